The largest absolute Gasteiger partial charge is 0.425 e. The summed E-state index contributed by atoms with van der Waals surface area (Å²) in [6.45, 7) is 3.52. The van der Waals surface area contributed by atoms with Crippen LogP contribution in [0.15, 0.2) is 24.3 Å². The van der Waals surface area contributed by atoms with Gasteiger partial charge in [-0.3, -0.25) is 0 Å². The van der Waals surface area contributed by atoms with E-state index >= 15 is 0 Å². The van der Waals surface area contributed by atoms with Gasteiger partial charge in [0.1, 0.15) is 5.75 Å². The molecule has 0 amide bonds. The Morgan fingerprint density at radius 3 is 2.40 bits per heavy atom. The van der Waals surface area contributed by atoms with E-state index in [9.17, 15) is 4.57 Å². The highest BCUT2D eigenvalue weighted by molar-refractivity contribution is 7.53. The van der Waals surface area contributed by atoms with Gasteiger partial charge in [-0.15, -0.1) is 0 Å². The molecule has 0 saturated carbocycles. The Labute approximate surface area is 89.4 Å². The van der Waals surface area contributed by atoms with Gasteiger partial charge in [-0.25, -0.2) is 4.57 Å². The lowest BCUT2D eigenvalue weighted by molar-refractivity contribution is 0.281. The normalized spacial score (nSPS) is 14.6. The van der Waals surface area contributed by atoms with Crippen LogP contribution < -0.4 is 4.52 Å². The topological polar surface area (TPSA) is 55.8 Å². The highest BCUT2D eigenvalue weighted by Gasteiger charge is 2.17. The molecule has 0 aromatic heterocycles. The summed E-state index contributed by atoms with van der Waals surface area (Å²) in [5, 5.41) is 8.82. The second kappa shape index (κ2) is 5.31. The smallest absolute Gasteiger partial charge is 0.376 e. The van der Waals surface area contributed by atoms with Gasteiger partial charge < -0.3 is 14.2 Å². The SMILES string of the molecule is CCOP(C)(=O)Oc1ccc(CO)cc1. The molecule has 0 radical (unpaired) electrons. The monoisotopic (exact) mass is 230 g/mol. The first kappa shape index (κ1) is 12.2. The molecular formula is C10H15O4P. The molecule has 0 aliphatic rings. The summed E-state index contributed by atoms with van der Waals surface area (Å²) in [6.07, 6.45) is 0. The standard InChI is InChI=1S/C10H15O4P/c1-3-13-15(2,12)14-10-6-4-9(8-11)5-7-10/h4-7,11H,3,8H2,1-2H3. The molecule has 15 heavy (non-hydrogen) atoms. The second-order valence-corrected chi connectivity index (χ2v) is 5.07. The lowest BCUT2D eigenvalue weighted by atomic mass is 10.2. The molecule has 0 fully saturated rings. The summed E-state index contributed by atoms with van der Waals surface area (Å²) in [6, 6.07) is 6.73. The first-order valence-corrected chi connectivity index (χ1v) is 6.68. The zero-order valence-corrected chi connectivity index (χ0v) is 9.74. The van der Waals surface area contributed by atoms with E-state index in [2.05, 4.69) is 0 Å². The number of hydrogen-bond acceptors (Lipinski definition) is 4. The number of aliphatic hydroxyl groups is 1. The molecule has 0 saturated heterocycles. The van der Waals surface area contributed by atoms with Crippen molar-refractivity contribution >= 4 is 7.60 Å². The quantitative estimate of drug-likeness (QED) is 0.789. The molecule has 1 unspecified atom stereocenters. The van der Waals surface area contributed by atoms with Gasteiger partial charge in [0.05, 0.1) is 13.2 Å². The van der Waals surface area contributed by atoms with Crippen molar-refractivity contribution in [2.45, 2.75) is 13.5 Å². The third-order valence-corrected chi connectivity index (χ3v) is 3.01. The van der Waals surface area contributed by atoms with E-state index in [1.807, 2.05) is 0 Å². The minimum Gasteiger partial charge on any atom is -0.425 e. The van der Waals surface area contributed by atoms with Crippen LogP contribution in [0.3, 0.4) is 0 Å². The van der Waals surface area contributed by atoms with Gasteiger partial charge in [-0.2, -0.15) is 0 Å². The van der Waals surface area contributed by atoms with Crippen LogP contribution in [-0.4, -0.2) is 18.4 Å². The highest BCUT2D eigenvalue weighted by atomic mass is 31.2. The molecule has 1 aromatic rings. The van der Waals surface area contributed by atoms with E-state index in [-0.39, 0.29) is 6.61 Å². The van der Waals surface area contributed by atoms with Crippen molar-refractivity contribution in [1.29, 1.82) is 0 Å². The molecule has 0 bridgehead atoms. The van der Waals surface area contributed by atoms with Crippen molar-refractivity contribution in [1.82, 2.24) is 0 Å². The maximum Gasteiger partial charge on any atom is 0.376 e. The van der Waals surface area contributed by atoms with E-state index in [1.165, 1.54) is 6.66 Å². The Bertz CT molecular complexity index is 347. The van der Waals surface area contributed by atoms with Crippen LogP contribution >= 0.6 is 7.60 Å². The fourth-order valence-corrected chi connectivity index (χ4v) is 2.13. The number of aliphatic hydroxyl groups excluding tert-OH is 1. The second-order valence-electron chi connectivity index (χ2n) is 3.08. The van der Waals surface area contributed by atoms with Crippen LogP contribution in [0.25, 0.3) is 0 Å². The summed E-state index contributed by atoms with van der Waals surface area (Å²) in [7, 11) is -3.00. The molecule has 0 spiro atoms. The Morgan fingerprint density at radius 1 is 1.33 bits per heavy atom. The van der Waals surface area contributed by atoms with Gasteiger partial charge in [-0.05, 0) is 24.6 Å². The van der Waals surface area contributed by atoms with Crippen molar-refractivity contribution in [3.05, 3.63) is 29.8 Å². The molecule has 1 aromatic carbocycles. The first-order chi connectivity index (χ1) is 7.07. The number of rotatable bonds is 5. The molecule has 84 valence electrons. The molecule has 0 aliphatic heterocycles. The van der Waals surface area contributed by atoms with E-state index < -0.39 is 7.60 Å². The van der Waals surface area contributed by atoms with Crippen molar-refractivity contribution in [3.63, 3.8) is 0 Å². The fraction of sp³-hybridized carbons (Fsp3) is 0.400. The van der Waals surface area contributed by atoms with Crippen LogP contribution in [0.2, 0.25) is 0 Å². The van der Waals surface area contributed by atoms with Crippen molar-refractivity contribution < 1.29 is 18.7 Å². The third kappa shape index (κ3) is 4.04. The van der Waals surface area contributed by atoms with Gasteiger partial charge in [0.2, 0.25) is 0 Å². The molecule has 5 heteroatoms. The number of benzene rings is 1. The fourth-order valence-electron chi connectivity index (χ4n) is 1.11. The van der Waals surface area contributed by atoms with E-state index in [1.54, 1.807) is 31.2 Å². The maximum absolute atomic E-state index is 11.6. The predicted octanol–water partition coefficient (Wildman–Crippen LogP) is 2.42. The predicted molar refractivity (Wildman–Crippen MR) is 58.1 cm³/mol. The molecule has 1 N–H and O–H groups in total. The van der Waals surface area contributed by atoms with E-state index in [0.29, 0.717) is 12.4 Å². The van der Waals surface area contributed by atoms with Crippen LogP contribution in [0.4, 0.5) is 0 Å². The molecular weight excluding hydrogens is 215 g/mol. The summed E-state index contributed by atoms with van der Waals surface area (Å²) < 4.78 is 21.8. The van der Waals surface area contributed by atoms with Crippen LogP contribution in [0, 0.1) is 0 Å². The van der Waals surface area contributed by atoms with Crippen LogP contribution in [-0.2, 0) is 15.7 Å². The minimum atomic E-state index is -3.00. The molecule has 4 nitrogen and oxygen atoms in total. The Kier molecular flexibility index (Phi) is 4.33. The zero-order chi connectivity index (χ0) is 11.3. The third-order valence-electron chi connectivity index (χ3n) is 1.74. The van der Waals surface area contributed by atoms with Gasteiger partial charge in [0.25, 0.3) is 0 Å². The summed E-state index contributed by atoms with van der Waals surface area (Å²) in [4.78, 5) is 0. The average molecular weight is 230 g/mol. The van der Waals surface area contributed by atoms with Gasteiger partial charge in [-0.1, -0.05) is 12.1 Å². The minimum absolute atomic E-state index is 0.0183. The summed E-state index contributed by atoms with van der Waals surface area (Å²) >= 11 is 0. The Morgan fingerprint density at radius 2 is 1.93 bits per heavy atom. The van der Waals surface area contributed by atoms with Gasteiger partial charge >= 0.3 is 7.60 Å². The molecule has 1 atom stereocenters. The van der Waals surface area contributed by atoms with E-state index in [4.69, 9.17) is 14.2 Å². The first-order valence-electron chi connectivity index (χ1n) is 4.69. The van der Waals surface area contributed by atoms with Crippen molar-refractivity contribution in [2.75, 3.05) is 13.3 Å². The maximum atomic E-state index is 11.6. The summed E-state index contributed by atoms with van der Waals surface area (Å²) in [5.41, 5.74) is 0.782. The lowest BCUT2D eigenvalue weighted by Crippen LogP contribution is -1.96. The van der Waals surface area contributed by atoms with Gasteiger partial charge in [0, 0.05) is 6.66 Å². The van der Waals surface area contributed by atoms with E-state index in [0.717, 1.165) is 5.56 Å². The molecule has 0 heterocycles. The lowest BCUT2D eigenvalue weighted by Gasteiger charge is -2.14. The Hall–Kier alpha value is -0.830. The highest BCUT2D eigenvalue weighted by Crippen LogP contribution is 2.43. The molecule has 1 rings (SSSR count). The van der Waals surface area contributed by atoms with Crippen LogP contribution in [0.1, 0.15) is 12.5 Å². The van der Waals surface area contributed by atoms with Crippen molar-refractivity contribution in [2.24, 2.45) is 0 Å². The zero-order valence-electron chi connectivity index (χ0n) is 8.84. The van der Waals surface area contributed by atoms with Crippen LogP contribution in [0.5, 0.6) is 5.75 Å². The van der Waals surface area contributed by atoms with Crippen molar-refractivity contribution in [3.8, 4) is 5.75 Å². The average Bonchev–Trinajstić information content (AvgIpc) is 2.18. The Balaban J connectivity index is 2.68. The van der Waals surface area contributed by atoms with Gasteiger partial charge in [0.15, 0.2) is 0 Å². The summed E-state index contributed by atoms with van der Waals surface area (Å²) in [5.74, 6) is 0.478. The number of hydrogen-bond donors (Lipinski definition) is 1. The molecule has 0 aliphatic carbocycles.